The highest BCUT2D eigenvalue weighted by atomic mass is 32.2. The summed E-state index contributed by atoms with van der Waals surface area (Å²) in [5.74, 6) is -0.215. The lowest BCUT2D eigenvalue weighted by molar-refractivity contribution is 0.0891. The first-order chi connectivity index (χ1) is 12.8. The fourth-order valence-corrected chi connectivity index (χ4v) is 4.68. The van der Waals surface area contributed by atoms with Gasteiger partial charge in [-0.1, -0.05) is 45.0 Å². The first-order valence-corrected chi connectivity index (χ1v) is 10.8. The van der Waals surface area contributed by atoms with Crippen molar-refractivity contribution >= 4 is 21.6 Å². The third kappa shape index (κ3) is 5.83. The van der Waals surface area contributed by atoms with E-state index in [-0.39, 0.29) is 21.8 Å². The molecule has 0 radical (unpaired) electrons. The first-order valence-electron chi connectivity index (χ1n) is 9.31. The number of carbonyl (C=O) groups excluding carboxylic acids is 1. The number of hydrogen-bond donors (Lipinski definition) is 2. The van der Waals surface area contributed by atoms with E-state index >= 15 is 0 Å². The van der Waals surface area contributed by atoms with Crippen LogP contribution in [0.5, 0.6) is 0 Å². The van der Waals surface area contributed by atoms with E-state index in [0.717, 1.165) is 6.42 Å². The van der Waals surface area contributed by atoms with E-state index in [2.05, 4.69) is 30.8 Å². The number of sulfonamides is 1. The second-order valence-corrected chi connectivity index (χ2v) is 10.7. The van der Waals surface area contributed by atoms with Gasteiger partial charge in [-0.05, 0) is 62.4 Å². The molecule has 6 heteroatoms. The van der Waals surface area contributed by atoms with Gasteiger partial charge in [0.25, 0.3) is 15.9 Å². The molecule has 0 atom stereocenters. The summed E-state index contributed by atoms with van der Waals surface area (Å²) in [6, 6.07) is 13.2. The van der Waals surface area contributed by atoms with Gasteiger partial charge in [-0.15, -0.1) is 0 Å². The van der Waals surface area contributed by atoms with E-state index in [1.807, 2.05) is 13.8 Å². The zero-order valence-electron chi connectivity index (χ0n) is 17.5. The summed E-state index contributed by atoms with van der Waals surface area (Å²) in [5, 5.41) is 3.08. The molecular weight excluding hydrogens is 372 g/mol. The molecule has 0 saturated carbocycles. The molecule has 2 rings (SSSR count). The predicted molar refractivity (Wildman–Crippen MR) is 114 cm³/mol. The van der Waals surface area contributed by atoms with Crippen LogP contribution in [0.15, 0.2) is 53.4 Å². The molecule has 152 valence electrons. The summed E-state index contributed by atoms with van der Waals surface area (Å²) in [6.45, 7) is 12.1. The molecule has 0 saturated heterocycles. The molecule has 0 spiro atoms. The maximum Gasteiger partial charge on any atom is 0.261 e. The standard InChI is InChI=1S/C22H30N2O3S/c1-16-18(20(25)23-22(5,6)15-21(2,3)4)13-10-14-19(16)24-28(26,27)17-11-8-7-9-12-17/h7-14,24H,15H2,1-6H3,(H,23,25). The minimum absolute atomic E-state index is 0.0684. The maximum absolute atomic E-state index is 12.9. The van der Waals surface area contributed by atoms with Crippen LogP contribution in [0.25, 0.3) is 0 Å². The van der Waals surface area contributed by atoms with Gasteiger partial charge in [0, 0.05) is 11.1 Å². The fraction of sp³-hybridized carbons (Fsp3) is 0.409. The molecule has 5 nitrogen and oxygen atoms in total. The van der Waals surface area contributed by atoms with Gasteiger partial charge < -0.3 is 5.32 Å². The summed E-state index contributed by atoms with van der Waals surface area (Å²) in [5.41, 5.74) is 1.12. The molecule has 0 fully saturated rings. The molecule has 28 heavy (non-hydrogen) atoms. The lowest BCUT2D eigenvalue weighted by Crippen LogP contribution is -2.46. The highest BCUT2D eigenvalue weighted by Gasteiger charge is 2.28. The Morgan fingerprint density at radius 1 is 0.929 bits per heavy atom. The van der Waals surface area contributed by atoms with E-state index in [4.69, 9.17) is 0 Å². The van der Waals surface area contributed by atoms with Crippen molar-refractivity contribution in [3.8, 4) is 0 Å². The Hall–Kier alpha value is -2.34. The van der Waals surface area contributed by atoms with Crippen molar-refractivity contribution < 1.29 is 13.2 Å². The Labute approximate surface area is 168 Å². The van der Waals surface area contributed by atoms with Gasteiger partial charge in [0.05, 0.1) is 10.6 Å². The summed E-state index contributed by atoms with van der Waals surface area (Å²) in [7, 11) is -3.72. The Morgan fingerprint density at radius 2 is 1.54 bits per heavy atom. The minimum Gasteiger partial charge on any atom is -0.347 e. The molecule has 0 aliphatic carbocycles. The monoisotopic (exact) mass is 402 g/mol. The summed E-state index contributed by atoms with van der Waals surface area (Å²) in [4.78, 5) is 13.0. The van der Waals surface area contributed by atoms with Gasteiger partial charge >= 0.3 is 0 Å². The van der Waals surface area contributed by atoms with Crippen molar-refractivity contribution in [2.75, 3.05) is 4.72 Å². The number of carbonyl (C=O) groups is 1. The van der Waals surface area contributed by atoms with Crippen molar-refractivity contribution in [1.82, 2.24) is 5.32 Å². The van der Waals surface area contributed by atoms with Crippen LogP contribution in [0.3, 0.4) is 0 Å². The molecule has 0 bridgehead atoms. The van der Waals surface area contributed by atoms with E-state index in [9.17, 15) is 13.2 Å². The Balaban J connectivity index is 2.26. The Bertz CT molecular complexity index is 943. The summed E-state index contributed by atoms with van der Waals surface area (Å²) in [6.07, 6.45) is 0.811. The van der Waals surface area contributed by atoms with E-state index < -0.39 is 10.0 Å². The van der Waals surface area contributed by atoms with E-state index in [1.54, 1.807) is 43.3 Å². The molecule has 0 aromatic heterocycles. The molecule has 0 aliphatic heterocycles. The fourth-order valence-electron chi connectivity index (χ4n) is 3.54. The zero-order valence-corrected chi connectivity index (χ0v) is 18.3. The summed E-state index contributed by atoms with van der Waals surface area (Å²) < 4.78 is 27.8. The smallest absolute Gasteiger partial charge is 0.261 e. The van der Waals surface area contributed by atoms with Gasteiger partial charge in [-0.3, -0.25) is 9.52 Å². The SMILES string of the molecule is Cc1c(NS(=O)(=O)c2ccccc2)cccc1C(=O)NC(C)(C)CC(C)(C)C. The van der Waals surface area contributed by atoms with Crippen molar-refractivity contribution in [1.29, 1.82) is 0 Å². The predicted octanol–water partition coefficient (Wildman–Crippen LogP) is 4.74. The molecule has 0 unspecified atom stereocenters. The molecule has 1 amide bonds. The topological polar surface area (TPSA) is 75.3 Å². The quantitative estimate of drug-likeness (QED) is 0.733. The van der Waals surface area contributed by atoms with Crippen LogP contribution in [-0.4, -0.2) is 19.9 Å². The van der Waals surface area contributed by atoms with Crippen LogP contribution in [0, 0.1) is 12.3 Å². The number of hydrogen-bond acceptors (Lipinski definition) is 3. The Kier molecular flexibility index (Phi) is 6.24. The van der Waals surface area contributed by atoms with Gasteiger partial charge in [0.1, 0.15) is 0 Å². The minimum atomic E-state index is -3.72. The number of benzene rings is 2. The number of anilines is 1. The molecule has 0 aliphatic rings. The molecule has 2 aromatic carbocycles. The summed E-state index contributed by atoms with van der Waals surface area (Å²) >= 11 is 0. The van der Waals surface area contributed by atoms with Crippen LogP contribution in [-0.2, 0) is 10.0 Å². The maximum atomic E-state index is 12.9. The van der Waals surface area contributed by atoms with Crippen molar-refractivity contribution in [2.45, 2.75) is 58.4 Å². The van der Waals surface area contributed by atoms with Gasteiger partial charge in [-0.25, -0.2) is 8.42 Å². The largest absolute Gasteiger partial charge is 0.347 e. The second kappa shape index (κ2) is 7.95. The number of amides is 1. The van der Waals surface area contributed by atoms with E-state index in [0.29, 0.717) is 16.8 Å². The van der Waals surface area contributed by atoms with Gasteiger partial charge in [0.2, 0.25) is 0 Å². The normalized spacial score (nSPS) is 12.5. The third-order valence-electron chi connectivity index (χ3n) is 4.30. The molecular formula is C22H30N2O3S. The van der Waals surface area contributed by atoms with Crippen LogP contribution in [0.4, 0.5) is 5.69 Å². The van der Waals surface area contributed by atoms with Crippen LogP contribution in [0.1, 0.15) is 57.0 Å². The van der Waals surface area contributed by atoms with Gasteiger partial charge in [0.15, 0.2) is 0 Å². The van der Waals surface area contributed by atoms with Crippen LogP contribution < -0.4 is 10.0 Å². The third-order valence-corrected chi connectivity index (χ3v) is 5.68. The van der Waals surface area contributed by atoms with Crippen molar-refractivity contribution in [2.24, 2.45) is 5.41 Å². The van der Waals surface area contributed by atoms with Gasteiger partial charge in [-0.2, -0.15) is 0 Å². The molecule has 2 aromatic rings. The lowest BCUT2D eigenvalue weighted by atomic mass is 9.81. The number of rotatable bonds is 6. The zero-order chi connectivity index (χ0) is 21.2. The first kappa shape index (κ1) is 22.0. The average Bonchev–Trinajstić information content (AvgIpc) is 2.54. The molecule has 0 heterocycles. The van der Waals surface area contributed by atoms with Crippen molar-refractivity contribution in [3.63, 3.8) is 0 Å². The van der Waals surface area contributed by atoms with Crippen LogP contribution >= 0.6 is 0 Å². The number of nitrogens with one attached hydrogen (secondary N) is 2. The van der Waals surface area contributed by atoms with Crippen LogP contribution in [0.2, 0.25) is 0 Å². The second-order valence-electron chi connectivity index (χ2n) is 8.97. The lowest BCUT2D eigenvalue weighted by Gasteiger charge is -2.33. The Morgan fingerprint density at radius 3 is 2.11 bits per heavy atom. The highest BCUT2D eigenvalue weighted by Crippen LogP contribution is 2.28. The highest BCUT2D eigenvalue weighted by molar-refractivity contribution is 7.92. The molecule has 2 N–H and O–H groups in total. The van der Waals surface area contributed by atoms with Crippen molar-refractivity contribution in [3.05, 3.63) is 59.7 Å². The van der Waals surface area contributed by atoms with E-state index in [1.165, 1.54) is 12.1 Å². The average molecular weight is 403 g/mol.